The normalized spacial score (nSPS) is 13.6. The Balaban J connectivity index is 1.98. The molecule has 3 rings (SSSR count). The highest BCUT2D eigenvalue weighted by Crippen LogP contribution is 2.30. The van der Waals surface area contributed by atoms with Gasteiger partial charge in [-0.3, -0.25) is 0 Å². The molecule has 0 saturated heterocycles. The second kappa shape index (κ2) is 5.33. The van der Waals surface area contributed by atoms with E-state index in [0.29, 0.717) is 5.82 Å². The first-order valence-corrected chi connectivity index (χ1v) is 6.82. The van der Waals surface area contributed by atoms with Crippen molar-refractivity contribution in [2.75, 3.05) is 5.32 Å². The molecule has 0 radical (unpaired) electrons. The molecule has 1 aromatic carbocycles. The van der Waals surface area contributed by atoms with Gasteiger partial charge in [0.05, 0.1) is 0 Å². The van der Waals surface area contributed by atoms with E-state index in [-0.39, 0.29) is 5.56 Å². The summed E-state index contributed by atoms with van der Waals surface area (Å²) in [6.45, 7) is 0. The Bertz CT molecular complexity index is 653. The van der Waals surface area contributed by atoms with E-state index in [9.17, 15) is 9.90 Å². The summed E-state index contributed by atoms with van der Waals surface area (Å²) in [7, 11) is 0. The number of carboxylic acid groups (broad SMARTS) is 1. The molecular weight excluding hydrogens is 252 g/mol. The van der Waals surface area contributed by atoms with Crippen LogP contribution >= 0.6 is 0 Å². The minimum atomic E-state index is -0.967. The molecule has 2 N–H and O–H groups in total. The second-order valence-electron chi connectivity index (χ2n) is 4.98. The number of carbonyl (C=O) groups is 1. The van der Waals surface area contributed by atoms with E-state index in [2.05, 4.69) is 16.4 Å². The van der Waals surface area contributed by atoms with Gasteiger partial charge in [0.15, 0.2) is 0 Å². The second-order valence-corrected chi connectivity index (χ2v) is 4.98. The number of nitrogens with one attached hydrogen (secondary N) is 1. The van der Waals surface area contributed by atoms with Crippen molar-refractivity contribution in [2.24, 2.45) is 0 Å². The first kappa shape index (κ1) is 12.7. The third kappa shape index (κ3) is 2.37. The van der Waals surface area contributed by atoms with Crippen LogP contribution in [0.2, 0.25) is 0 Å². The lowest BCUT2D eigenvalue weighted by atomic mass is 9.90. The number of benzene rings is 1. The molecule has 0 fully saturated rings. The van der Waals surface area contributed by atoms with Crippen LogP contribution in [0.25, 0.3) is 0 Å². The molecule has 0 saturated carbocycles. The number of carboxylic acids is 1. The van der Waals surface area contributed by atoms with Crippen molar-refractivity contribution in [1.29, 1.82) is 0 Å². The number of aromatic carboxylic acids is 1. The number of fused-ring (bicyclic) bond motifs is 1. The molecule has 0 spiro atoms. The lowest BCUT2D eigenvalue weighted by Gasteiger charge is -2.20. The zero-order valence-electron chi connectivity index (χ0n) is 11.1. The standard InChI is InChI=1S/C16H16N2O2/c19-16(20)13-8-4-10-17-15(13)18-14-9-3-6-11-5-1-2-7-12(11)14/h3-4,6,8-10H,1-2,5,7H2,(H,17,18)(H,19,20). The first-order valence-electron chi connectivity index (χ1n) is 6.82. The molecule has 0 bridgehead atoms. The smallest absolute Gasteiger partial charge is 0.339 e. The number of rotatable bonds is 3. The van der Waals surface area contributed by atoms with Crippen molar-refractivity contribution < 1.29 is 9.90 Å². The monoisotopic (exact) mass is 268 g/mol. The molecule has 4 heteroatoms. The Hall–Kier alpha value is -2.36. The van der Waals surface area contributed by atoms with Gasteiger partial charge in [0.25, 0.3) is 0 Å². The molecule has 102 valence electrons. The summed E-state index contributed by atoms with van der Waals surface area (Å²) >= 11 is 0. The third-order valence-corrected chi connectivity index (χ3v) is 3.69. The van der Waals surface area contributed by atoms with Crippen molar-refractivity contribution in [3.8, 4) is 0 Å². The summed E-state index contributed by atoms with van der Waals surface area (Å²) < 4.78 is 0. The molecule has 1 heterocycles. The maximum absolute atomic E-state index is 11.2. The zero-order chi connectivity index (χ0) is 13.9. The van der Waals surface area contributed by atoms with Crippen molar-refractivity contribution in [3.05, 3.63) is 53.2 Å². The van der Waals surface area contributed by atoms with E-state index in [4.69, 9.17) is 0 Å². The van der Waals surface area contributed by atoms with Crippen LogP contribution in [0.1, 0.15) is 34.3 Å². The molecule has 1 aromatic heterocycles. The predicted molar refractivity (Wildman–Crippen MR) is 77.6 cm³/mol. The molecule has 0 unspecified atom stereocenters. The number of hydrogen-bond donors (Lipinski definition) is 2. The molecule has 0 aliphatic heterocycles. The minimum Gasteiger partial charge on any atom is -0.478 e. The molecule has 4 nitrogen and oxygen atoms in total. The molecule has 20 heavy (non-hydrogen) atoms. The largest absolute Gasteiger partial charge is 0.478 e. The van der Waals surface area contributed by atoms with Gasteiger partial charge in [0.2, 0.25) is 0 Å². The number of aromatic nitrogens is 1. The van der Waals surface area contributed by atoms with E-state index in [1.54, 1.807) is 18.3 Å². The average molecular weight is 268 g/mol. The van der Waals surface area contributed by atoms with Crippen LogP contribution in [0.3, 0.4) is 0 Å². The first-order chi connectivity index (χ1) is 9.75. The Morgan fingerprint density at radius 1 is 1.15 bits per heavy atom. The van der Waals surface area contributed by atoms with Gasteiger partial charge in [-0.1, -0.05) is 12.1 Å². The molecule has 0 atom stereocenters. The summed E-state index contributed by atoms with van der Waals surface area (Å²) in [5.74, 6) is -0.565. The summed E-state index contributed by atoms with van der Waals surface area (Å²) in [5.41, 5.74) is 3.82. The van der Waals surface area contributed by atoms with Gasteiger partial charge in [0.1, 0.15) is 11.4 Å². The average Bonchev–Trinajstić information content (AvgIpc) is 2.48. The quantitative estimate of drug-likeness (QED) is 0.895. The molecule has 1 aliphatic rings. The van der Waals surface area contributed by atoms with Crippen LogP contribution in [0.4, 0.5) is 11.5 Å². The number of pyridine rings is 1. The fourth-order valence-electron chi connectivity index (χ4n) is 2.70. The highest BCUT2D eigenvalue weighted by molar-refractivity contribution is 5.94. The van der Waals surface area contributed by atoms with Crippen LogP contribution < -0.4 is 5.32 Å². The fraction of sp³-hybridized carbons (Fsp3) is 0.250. The van der Waals surface area contributed by atoms with Crippen molar-refractivity contribution in [3.63, 3.8) is 0 Å². The van der Waals surface area contributed by atoms with Gasteiger partial charge < -0.3 is 10.4 Å². The molecule has 2 aromatic rings. The third-order valence-electron chi connectivity index (χ3n) is 3.69. The topological polar surface area (TPSA) is 62.2 Å². The van der Waals surface area contributed by atoms with Crippen molar-refractivity contribution in [1.82, 2.24) is 4.98 Å². The number of anilines is 2. The van der Waals surface area contributed by atoms with E-state index in [1.165, 1.54) is 24.0 Å². The number of hydrogen-bond acceptors (Lipinski definition) is 3. The summed E-state index contributed by atoms with van der Waals surface area (Å²) in [5, 5.41) is 12.4. The van der Waals surface area contributed by atoms with Crippen LogP contribution in [0, 0.1) is 0 Å². The molecule has 1 aliphatic carbocycles. The highest BCUT2D eigenvalue weighted by Gasteiger charge is 2.15. The number of aryl methyl sites for hydroxylation is 1. The fourth-order valence-corrected chi connectivity index (χ4v) is 2.70. The van der Waals surface area contributed by atoms with Crippen LogP contribution in [0.15, 0.2) is 36.5 Å². The number of nitrogens with zero attached hydrogens (tertiary/aromatic N) is 1. The van der Waals surface area contributed by atoms with Crippen LogP contribution in [-0.2, 0) is 12.8 Å². The molecular formula is C16H16N2O2. The highest BCUT2D eigenvalue weighted by atomic mass is 16.4. The maximum Gasteiger partial charge on any atom is 0.339 e. The lowest BCUT2D eigenvalue weighted by molar-refractivity contribution is 0.0697. The lowest BCUT2D eigenvalue weighted by Crippen LogP contribution is -2.09. The minimum absolute atomic E-state index is 0.195. The van der Waals surface area contributed by atoms with Gasteiger partial charge in [0, 0.05) is 11.9 Å². The maximum atomic E-state index is 11.2. The Labute approximate surface area is 117 Å². The van der Waals surface area contributed by atoms with Gasteiger partial charge in [-0.25, -0.2) is 9.78 Å². The zero-order valence-corrected chi connectivity index (χ0v) is 11.1. The van der Waals surface area contributed by atoms with E-state index >= 15 is 0 Å². The summed E-state index contributed by atoms with van der Waals surface area (Å²) in [6, 6.07) is 9.35. The van der Waals surface area contributed by atoms with Crippen LogP contribution in [0.5, 0.6) is 0 Å². The van der Waals surface area contributed by atoms with Gasteiger partial charge in [-0.15, -0.1) is 0 Å². The van der Waals surface area contributed by atoms with Gasteiger partial charge in [-0.2, -0.15) is 0 Å². The van der Waals surface area contributed by atoms with E-state index in [1.807, 2.05) is 12.1 Å². The molecule has 0 amide bonds. The van der Waals surface area contributed by atoms with E-state index in [0.717, 1.165) is 18.5 Å². The van der Waals surface area contributed by atoms with Crippen LogP contribution in [-0.4, -0.2) is 16.1 Å². The SMILES string of the molecule is O=C(O)c1cccnc1Nc1cccc2c1CCCC2. The van der Waals surface area contributed by atoms with Gasteiger partial charge >= 0.3 is 5.97 Å². The summed E-state index contributed by atoms with van der Waals surface area (Å²) in [4.78, 5) is 15.4. The predicted octanol–water partition coefficient (Wildman–Crippen LogP) is 3.40. The van der Waals surface area contributed by atoms with Crippen molar-refractivity contribution >= 4 is 17.5 Å². The Morgan fingerprint density at radius 2 is 2.00 bits per heavy atom. The van der Waals surface area contributed by atoms with Gasteiger partial charge in [-0.05, 0) is 55.0 Å². The Morgan fingerprint density at radius 3 is 2.85 bits per heavy atom. The summed E-state index contributed by atoms with van der Waals surface area (Å²) in [6.07, 6.45) is 6.14. The van der Waals surface area contributed by atoms with Crippen molar-refractivity contribution in [2.45, 2.75) is 25.7 Å². The van der Waals surface area contributed by atoms with E-state index < -0.39 is 5.97 Å². The Kier molecular flexibility index (Phi) is 3.37.